The maximum Gasteiger partial charge on any atom is 0.338 e. The van der Waals surface area contributed by atoms with Crippen LogP contribution in [0.5, 0.6) is 0 Å². The third kappa shape index (κ3) is 3.57. The summed E-state index contributed by atoms with van der Waals surface area (Å²) in [4.78, 5) is 4.27. The highest BCUT2D eigenvalue weighted by Gasteiger charge is 2.26. The van der Waals surface area contributed by atoms with Crippen LogP contribution in [0.15, 0.2) is 42.7 Å². The number of hydrogen-bond acceptors (Lipinski definition) is 4. The molecule has 0 atom stereocenters. The van der Waals surface area contributed by atoms with Gasteiger partial charge in [-0.1, -0.05) is 18.2 Å². The number of imidazole rings is 1. The minimum absolute atomic E-state index is 0.163. The Morgan fingerprint density at radius 2 is 1.80 bits per heavy atom. The molecule has 0 bridgehead atoms. The summed E-state index contributed by atoms with van der Waals surface area (Å²) in [5.74, 6) is 0.668. The van der Waals surface area contributed by atoms with Crippen molar-refractivity contribution < 1.29 is 13.6 Å². The zero-order valence-corrected chi connectivity index (χ0v) is 12.6. The molecule has 2 rings (SSSR count). The van der Waals surface area contributed by atoms with Crippen molar-refractivity contribution in [3.63, 3.8) is 0 Å². The van der Waals surface area contributed by atoms with Gasteiger partial charge in [-0.2, -0.15) is 0 Å². The molecule has 0 aliphatic heterocycles. The van der Waals surface area contributed by atoms with Crippen molar-refractivity contribution in [2.45, 2.75) is 20.0 Å². The number of hydrogen-bond donors (Lipinski definition) is 0. The first-order chi connectivity index (χ1) is 9.68. The average Bonchev–Trinajstić information content (AvgIpc) is 2.88. The molecule has 1 aromatic heterocycles. The molecule has 108 valence electrons. The molecule has 0 aliphatic carbocycles. The van der Waals surface area contributed by atoms with Crippen LogP contribution < -0.4 is 0 Å². The van der Waals surface area contributed by atoms with Crippen molar-refractivity contribution in [3.8, 4) is 5.69 Å². The zero-order valence-electron chi connectivity index (χ0n) is 11.7. The second-order valence-electron chi connectivity index (χ2n) is 4.15. The van der Waals surface area contributed by atoms with Crippen molar-refractivity contribution in [3.05, 3.63) is 48.5 Å². The SMILES string of the molecule is CCOP(=O)(Cc1nccn1-c1ccccc1)OCC. The quantitative estimate of drug-likeness (QED) is 0.732. The summed E-state index contributed by atoms with van der Waals surface area (Å²) < 4.78 is 25.1. The van der Waals surface area contributed by atoms with Gasteiger partial charge in [-0.05, 0) is 26.0 Å². The zero-order chi connectivity index (χ0) is 14.4. The third-order valence-corrected chi connectivity index (χ3v) is 4.71. The molecule has 0 saturated heterocycles. The Bertz CT molecular complexity index is 573. The number of benzene rings is 1. The Balaban J connectivity index is 2.26. The molecular weight excluding hydrogens is 275 g/mol. The molecule has 1 aromatic carbocycles. The van der Waals surface area contributed by atoms with Crippen molar-refractivity contribution in [2.24, 2.45) is 0 Å². The highest BCUT2D eigenvalue weighted by Crippen LogP contribution is 2.51. The molecule has 0 aliphatic rings. The van der Waals surface area contributed by atoms with Gasteiger partial charge >= 0.3 is 7.60 Å². The van der Waals surface area contributed by atoms with Crippen LogP contribution in [0.4, 0.5) is 0 Å². The summed E-state index contributed by atoms with van der Waals surface area (Å²) in [6.45, 7) is 4.30. The van der Waals surface area contributed by atoms with E-state index in [9.17, 15) is 4.57 Å². The second kappa shape index (κ2) is 6.84. The first kappa shape index (κ1) is 15.0. The fraction of sp³-hybridized carbons (Fsp3) is 0.357. The van der Waals surface area contributed by atoms with Crippen LogP contribution in [-0.4, -0.2) is 22.8 Å². The van der Waals surface area contributed by atoms with E-state index in [2.05, 4.69) is 4.98 Å². The van der Waals surface area contributed by atoms with E-state index in [0.717, 1.165) is 5.69 Å². The smallest absolute Gasteiger partial charge is 0.309 e. The summed E-state index contributed by atoms with van der Waals surface area (Å²) >= 11 is 0. The Hall–Kier alpha value is -1.42. The summed E-state index contributed by atoms with van der Waals surface area (Å²) in [7, 11) is -3.14. The highest BCUT2D eigenvalue weighted by atomic mass is 31.2. The molecule has 0 radical (unpaired) electrons. The lowest BCUT2D eigenvalue weighted by Crippen LogP contribution is -2.05. The van der Waals surface area contributed by atoms with Crippen molar-refractivity contribution in [1.29, 1.82) is 0 Å². The first-order valence-corrected chi connectivity index (χ1v) is 8.37. The van der Waals surface area contributed by atoms with Crippen molar-refractivity contribution >= 4 is 7.60 Å². The minimum Gasteiger partial charge on any atom is -0.309 e. The molecule has 2 aromatic rings. The molecule has 1 heterocycles. The van der Waals surface area contributed by atoms with Crippen LogP contribution in [0.25, 0.3) is 5.69 Å². The predicted octanol–water partition coefficient (Wildman–Crippen LogP) is 3.64. The number of aromatic nitrogens is 2. The fourth-order valence-electron chi connectivity index (χ4n) is 1.97. The lowest BCUT2D eigenvalue weighted by Gasteiger charge is -2.17. The Kier molecular flexibility index (Phi) is 5.12. The summed E-state index contributed by atoms with van der Waals surface area (Å²) in [6.07, 6.45) is 3.69. The van der Waals surface area contributed by atoms with E-state index in [1.54, 1.807) is 20.0 Å². The molecule has 0 unspecified atom stereocenters. The van der Waals surface area contributed by atoms with Crippen LogP contribution >= 0.6 is 7.60 Å². The average molecular weight is 294 g/mol. The maximum absolute atomic E-state index is 12.6. The van der Waals surface area contributed by atoms with E-state index in [-0.39, 0.29) is 6.16 Å². The second-order valence-corrected chi connectivity index (χ2v) is 6.21. The molecule has 5 nitrogen and oxygen atoms in total. The normalized spacial score (nSPS) is 11.7. The van der Waals surface area contributed by atoms with Crippen LogP contribution in [0, 0.1) is 0 Å². The van der Waals surface area contributed by atoms with Crippen LogP contribution in [0.1, 0.15) is 19.7 Å². The maximum atomic E-state index is 12.6. The summed E-state index contributed by atoms with van der Waals surface area (Å²) in [6, 6.07) is 9.79. The van der Waals surface area contributed by atoms with E-state index < -0.39 is 7.60 Å². The standard InChI is InChI=1S/C14H19N2O3P/c1-3-18-20(17,19-4-2)12-14-15-10-11-16(14)13-8-6-5-7-9-13/h5-11H,3-4,12H2,1-2H3. The van der Waals surface area contributed by atoms with E-state index in [1.807, 2.05) is 41.1 Å². The largest absolute Gasteiger partial charge is 0.338 e. The van der Waals surface area contributed by atoms with Gasteiger partial charge in [0.2, 0.25) is 0 Å². The van der Waals surface area contributed by atoms with Gasteiger partial charge in [0.1, 0.15) is 12.0 Å². The van der Waals surface area contributed by atoms with Gasteiger partial charge in [0, 0.05) is 18.1 Å². The van der Waals surface area contributed by atoms with E-state index in [0.29, 0.717) is 19.0 Å². The molecular formula is C14H19N2O3P. The van der Waals surface area contributed by atoms with Crippen LogP contribution in [-0.2, 0) is 19.8 Å². The minimum atomic E-state index is -3.14. The van der Waals surface area contributed by atoms with E-state index >= 15 is 0 Å². The van der Waals surface area contributed by atoms with Crippen LogP contribution in [0.3, 0.4) is 0 Å². The number of nitrogens with zero attached hydrogens (tertiary/aromatic N) is 2. The fourth-order valence-corrected chi connectivity index (χ4v) is 3.59. The molecule has 0 fully saturated rings. The van der Waals surface area contributed by atoms with Gasteiger partial charge in [-0.25, -0.2) is 4.98 Å². The number of para-hydroxylation sites is 1. The Labute approximate surface area is 119 Å². The molecule has 0 amide bonds. The number of rotatable bonds is 7. The summed E-state index contributed by atoms with van der Waals surface area (Å²) in [5.41, 5.74) is 0.972. The highest BCUT2D eigenvalue weighted by molar-refractivity contribution is 7.53. The predicted molar refractivity (Wildman–Crippen MR) is 78.1 cm³/mol. The molecule has 6 heteroatoms. The summed E-state index contributed by atoms with van der Waals surface area (Å²) in [5, 5.41) is 0. The third-order valence-electron chi connectivity index (χ3n) is 2.74. The van der Waals surface area contributed by atoms with Gasteiger partial charge in [-0.3, -0.25) is 4.57 Å². The lowest BCUT2D eigenvalue weighted by molar-refractivity contribution is 0.218. The lowest BCUT2D eigenvalue weighted by atomic mass is 10.3. The van der Waals surface area contributed by atoms with E-state index in [1.165, 1.54) is 0 Å². The van der Waals surface area contributed by atoms with Gasteiger partial charge in [0.05, 0.1) is 13.2 Å². The molecule has 0 N–H and O–H groups in total. The Morgan fingerprint density at radius 1 is 1.15 bits per heavy atom. The Morgan fingerprint density at radius 3 is 2.40 bits per heavy atom. The van der Waals surface area contributed by atoms with Crippen molar-refractivity contribution in [2.75, 3.05) is 13.2 Å². The van der Waals surface area contributed by atoms with Gasteiger partial charge in [-0.15, -0.1) is 0 Å². The molecule has 20 heavy (non-hydrogen) atoms. The first-order valence-electron chi connectivity index (χ1n) is 6.64. The molecule has 0 spiro atoms. The molecule has 0 saturated carbocycles. The van der Waals surface area contributed by atoms with Gasteiger partial charge in [0.15, 0.2) is 0 Å². The topological polar surface area (TPSA) is 53.3 Å². The van der Waals surface area contributed by atoms with Gasteiger partial charge in [0.25, 0.3) is 0 Å². The van der Waals surface area contributed by atoms with Crippen LogP contribution in [0.2, 0.25) is 0 Å². The van der Waals surface area contributed by atoms with Crippen molar-refractivity contribution in [1.82, 2.24) is 9.55 Å². The van der Waals surface area contributed by atoms with E-state index in [4.69, 9.17) is 9.05 Å². The monoisotopic (exact) mass is 294 g/mol. The van der Waals surface area contributed by atoms with Gasteiger partial charge < -0.3 is 13.6 Å².